The number of anilines is 1. The molecule has 0 saturated carbocycles. The fourth-order valence-corrected chi connectivity index (χ4v) is 4.26. The summed E-state index contributed by atoms with van der Waals surface area (Å²) in [6.07, 6.45) is 9.90. The monoisotopic (exact) mass is 429 g/mol. The summed E-state index contributed by atoms with van der Waals surface area (Å²) in [6, 6.07) is 14.7. The van der Waals surface area contributed by atoms with Gasteiger partial charge in [0.25, 0.3) is 0 Å². The summed E-state index contributed by atoms with van der Waals surface area (Å²) >= 11 is 0. The van der Waals surface area contributed by atoms with E-state index in [0.717, 1.165) is 37.2 Å². The van der Waals surface area contributed by atoms with Crippen LogP contribution in [-0.4, -0.2) is 18.9 Å². The van der Waals surface area contributed by atoms with E-state index in [4.69, 9.17) is 4.74 Å². The number of hydrogen-bond donors (Lipinski definition) is 0. The maximum Gasteiger partial charge on any atom is 0.163 e. The number of fused-ring (bicyclic) bond motifs is 1. The van der Waals surface area contributed by atoms with Crippen molar-refractivity contribution >= 4 is 11.5 Å². The van der Waals surface area contributed by atoms with Gasteiger partial charge in [0.15, 0.2) is 5.78 Å². The topological polar surface area (TPSA) is 29.5 Å². The minimum atomic E-state index is -0.00372. The van der Waals surface area contributed by atoms with Crippen molar-refractivity contribution in [3.8, 4) is 5.75 Å². The Labute approximate surface area is 193 Å². The molecule has 0 aromatic heterocycles. The van der Waals surface area contributed by atoms with Crippen molar-refractivity contribution in [1.82, 2.24) is 0 Å². The first kappa shape index (κ1) is 23.6. The molecule has 0 fully saturated rings. The lowest BCUT2D eigenvalue weighted by atomic mass is 9.79. The van der Waals surface area contributed by atoms with Gasteiger partial charge in [-0.1, -0.05) is 75.1 Å². The molecule has 0 amide bonds. The van der Waals surface area contributed by atoms with Gasteiger partial charge in [-0.15, -0.1) is 0 Å². The molecule has 2 aromatic rings. The molecule has 0 saturated heterocycles. The average Bonchev–Trinajstić information content (AvgIpc) is 2.89. The second kappa shape index (κ2) is 10.5. The Morgan fingerprint density at radius 3 is 2.62 bits per heavy atom. The molecule has 1 heterocycles. The molecule has 0 bridgehead atoms. The number of carbonyl (C=O) groups is 1. The third-order valence-electron chi connectivity index (χ3n) is 6.15. The van der Waals surface area contributed by atoms with Crippen LogP contribution in [0.15, 0.2) is 78.9 Å². The molecule has 0 atom stereocenters. The zero-order chi connectivity index (χ0) is 23.1. The largest absolute Gasteiger partial charge is 0.488 e. The van der Waals surface area contributed by atoms with Gasteiger partial charge >= 0.3 is 0 Å². The van der Waals surface area contributed by atoms with Gasteiger partial charge < -0.3 is 9.64 Å². The highest BCUT2D eigenvalue weighted by atomic mass is 16.5. The highest BCUT2D eigenvalue weighted by Gasteiger charge is 2.31. The Morgan fingerprint density at radius 2 is 1.97 bits per heavy atom. The molecule has 0 spiro atoms. The van der Waals surface area contributed by atoms with Gasteiger partial charge in [-0.25, -0.2) is 0 Å². The van der Waals surface area contributed by atoms with Gasteiger partial charge in [0, 0.05) is 18.8 Å². The van der Waals surface area contributed by atoms with Crippen LogP contribution in [0.4, 0.5) is 5.69 Å². The normalized spacial score (nSPS) is 15.9. The van der Waals surface area contributed by atoms with E-state index in [0.29, 0.717) is 17.9 Å². The molecule has 2 aromatic carbocycles. The van der Waals surface area contributed by atoms with Gasteiger partial charge in [0.1, 0.15) is 12.4 Å². The third kappa shape index (κ3) is 5.59. The van der Waals surface area contributed by atoms with E-state index >= 15 is 0 Å². The van der Waals surface area contributed by atoms with Crippen molar-refractivity contribution in [2.45, 2.75) is 52.5 Å². The molecule has 0 radical (unpaired) electrons. The first-order valence-electron chi connectivity index (χ1n) is 11.4. The van der Waals surface area contributed by atoms with Gasteiger partial charge in [0.2, 0.25) is 0 Å². The fraction of sp³-hybridized carbons (Fsp3) is 0.345. The van der Waals surface area contributed by atoms with Crippen LogP contribution < -0.4 is 9.64 Å². The molecule has 1 aliphatic rings. The van der Waals surface area contributed by atoms with Crippen LogP contribution in [0.1, 0.15) is 62.0 Å². The zero-order valence-corrected chi connectivity index (χ0v) is 19.9. The van der Waals surface area contributed by atoms with Crippen LogP contribution in [0.5, 0.6) is 5.75 Å². The highest BCUT2D eigenvalue weighted by molar-refractivity contribution is 5.98. The first-order chi connectivity index (χ1) is 15.4. The minimum Gasteiger partial charge on any atom is -0.488 e. The number of Topliss-reactive ketones (excluding diaryl/α,β-unsaturated/α-hetero) is 1. The second-order valence-corrected chi connectivity index (χ2v) is 9.08. The average molecular weight is 430 g/mol. The second-order valence-electron chi connectivity index (χ2n) is 9.08. The van der Waals surface area contributed by atoms with Crippen molar-refractivity contribution in [1.29, 1.82) is 0 Å². The maximum absolute atomic E-state index is 12.6. The van der Waals surface area contributed by atoms with Crippen molar-refractivity contribution < 1.29 is 9.53 Å². The Bertz CT molecular complexity index is 1010. The van der Waals surface area contributed by atoms with E-state index in [9.17, 15) is 4.79 Å². The number of nitrogens with zero attached hydrogens (tertiary/aromatic N) is 1. The molecule has 0 N–H and O–H groups in total. The summed E-state index contributed by atoms with van der Waals surface area (Å²) in [6.45, 7) is 14.2. The molecule has 3 rings (SSSR count). The van der Waals surface area contributed by atoms with Gasteiger partial charge in [-0.3, -0.25) is 4.79 Å². The van der Waals surface area contributed by atoms with E-state index in [2.05, 4.69) is 55.7 Å². The van der Waals surface area contributed by atoms with Crippen molar-refractivity contribution in [2.24, 2.45) is 0 Å². The number of hydrogen-bond acceptors (Lipinski definition) is 3. The van der Waals surface area contributed by atoms with Crippen LogP contribution in [-0.2, 0) is 12.0 Å². The van der Waals surface area contributed by atoms with Gasteiger partial charge in [0.05, 0.1) is 5.56 Å². The summed E-state index contributed by atoms with van der Waals surface area (Å²) in [5, 5.41) is 0. The van der Waals surface area contributed by atoms with Crippen LogP contribution in [0.3, 0.4) is 0 Å². The summed E-state index contributed by atoms with van der Waals surface area (Å²) < 4.78 is 6.19. The molecule has 1 aliphatic heterocycles. The predicted octanol–water partition coefficient (Wildman–Crippen LogP) is 7.03. The number of rotatable bonds is 8. The summed E-state index contributed by atoms with van der Waals surface area (Å²) in [7, 11) is 0. The summed E-state index contributed by atoms with van der Waals surface area (Å²) in [5.74, 6) is 0.668. The van der Waals surface area contributed by atoms with Crippen LogP contribution >= 0.6 is 0 Å². The number of ketones is 1. The van der Waals surface area contributed by atoms with Crippen LogP contribution in [0.2, 0.25) is 0 Å². The maximum atomic E-state index is 12.6. The molecular formula is C29H35NO2. The predicted molar refractivity (Wildman–Crippen MR) is 135 cm³/mol. The van der Waals surface area contributed by atoms with Crippen LogP contribution in [0.25, 0.3) is 0 Å². The van der Waals surface area contributed by atoms with Gasteiger partial charge in [-0.2, -0.15) is 0 Å². The van der Waals surface area contributed by atoms with Crippen molar-refractivity contribution in [2.75, 3.05) is 18.1 Å². The summed E-state index contributed by atoms with van der Waals surface area (Å²) in [4.78, 5) is 15.0. The lowest BCUT2D eigenvalue weighted by Gasteiger charge is -2.30. The van der Waals surface area contributed by atoms with Crippen LogP contribution in [0, 0.1) is 0 Å². The zero-order valence-electron chi connectivity index (χ0n) is 19.9. The smallest absolute Gasteiger partial charge is 0.163 e. The van der Waals surface area contributed by atoms with E-state index < -0.39 is 0 Å². The Balaban J connectivity index is 2.03. The summed E-state index contributed by atoms with van der Waals surface area (Å²) in [5.41, 5.74) is 5.25. The minimum absolute atomic E-state index is 0.00372. The van der Waals surface area contributed by atoms with Gasteiger partial charge in [-0.05, 0) is 60.9 Å². The molecule has 32 heavy (non-hydrogen) atoms. The van der Waals surface area contributed by atoms with Crippen molar-refractivity contribution in [3.05, 3.63) is 95.6 Å². The van der Waals surface area contributed by atoms with Crippen molar-refractivity contribution in [3.63, 3.8) is 0 Å². The quantitative estimate of drug-likeness (QED) is 0.333. The Hall–Kier alpha value is -3.07. The number of ether oxygens (including phenoxy) is 1. The lowest BCUT2D eigenvalue weighted by Crippen LogP contribution is -2.24. The van der Waals surface area contributed by atoms with E-state index in [-0.39, 0.29) is 11.2 Å². The lowest BCUT2D eigenvalue weighted by molar-refractivity contribution is 0.101. The van der Waals surface area contributed by atoms with E-state index in [1.807, 2.05) is 37.3 Å². The molecule has 0 unspecified atom stereocenters. The van der Waals surface area contributed by atoms with E-state index in [1.54, 1.807) is 13.0 Å². The molecule has 0 aliphatic carbocycles. The molecule has 3 heteroatoms. The Kier molecular flexibility index (Phi) is 7.74. The van der Waals surface area contributed by atoms with E-state index in [1.165, 1.54) is 11.1 Å². The molecule has 3 nitrogen and oxygen atoms in total. The standard InChI is InChI=1S/C29H35NO2/c1-6-8-13-23(7-2)21-32-28-19-26-27(18-25(28)22(3)31)30(17-12-16-29(26,4)5)20-24-14-10-9-11-15-24/h6-11,13-15,18-19H,2,12,16-17,20-21H2,1,3-5H3. The first-order valence-corrected chi connectivity index (χ1v) is 11.4. The molecular weight excluding hydrogens is 394 g/mol. The molecule has 168 valence electrons. The number of allylic oxidation sites excluding steroid dienone is 3. The third-order valence-corrected chi connectivity index (χ3v) is 6.15. The number of benzene rings is 2. The number of carbonyl (C=O) groups excluding carboxylic acids is 1. The fourth-order valence-electron chi connectivity index (χ4n) is 4.26. The highest BCUT2D eigenvalue weighted by Crippen LogP contribution is 2.43. The Morgan fingerprint density at radius 1 is 1.22 bits per heavy atom. The SMILES string of the molecule is C=CC(=CC=CC)COc1cc2c(cc1C(C)=O)N(Cc1ccccc1)CCCC2(C)C.